The summed E-state index contributed by atoms with van der Waals surface area (Å²) in [4.78, 5) is 0. The summed E-state index contributed by atoms with van der Waals surface area (Å²) in [5.74, 6) is 2.32. The van der Waals surface area contributed by atoms with E-state index in [4.69, 9.17) is 11.5 Å². The maximum atomic E-state index is 8.41. The topological polar surface area (TPSA) is 20.2 Å². The van der Waals surface area contributed by atoms with E-state index in [9.17, 15) is 0 Å². The Balaban J connectivity index is 0. The Bertz CT molecular complexity index is 65.3. The van der Waals surface area contributed by atoms with Crippen molar-refractivity contribution in [3.63, 3.8) is 0 Å². The fourth-order valence-electron chi connectivity index (χ4n) is 0.171. The summed E-state index contributed by atoms with van der Waals surface area (Å²) in [6, 6.07) is 0. The number of halogens is 2. The molecule has 0 fully saturated rings. The summed E-state index contributed by atoms with van der Waals surface area (Å²) >= 11 is 4.24. The van der Waals surface area contributed by atoms with Crippen LogP contribution in [0, 0.1) is 12.3 Å². The van der Waals surface area contributed by atoms with E-state index in [0.29, 0.717) is 6.42 Å². The zero-order chi connectivity index (χ0) is 6.99. The molecule has 1 atom stereocenters. The molecule has 0 saturated carbocycles. The molecule has 0 heterocycles. The molecule has 48 valence electrons. The van der Waals surface area contributed by atoms with E-state index in [0.717, 1.165) is 0 Å². The molecule has 0 radical (unpaired) electrons. The first-order valence-electron chi connectivity index (χ1n) is 2.03. The normalized spacial score (nSPS) is 10.4. The molecule has 0 aliphatic carbocycles. The highest BCUT2D eigenvalue weighted by Gasteiger charge is 1.85. The molecule has 8 heavy (non-hydrogen) atoms. The zero-order valence-corrected chi connectivity index (χ0v) is 8.88. The summed E-state index contributed by atoms with van der Waals surface area (Å²) in [6.07, 6.45) is 4.94. The summed E-state index contributed by atoms with van der Waals surface area (Å²) in [5.41, 5.74) is 0. The van der Waals surface area contributed by atoms with Crippen LogP contribution in [0.2, 0.25) is 0 Å². The van der Waals surface area contributed by atoms with E-state index in [2.05, 4.69) is 43.2 Å². The number of aliphatic hydroxyl groups is 1. The van der Waals surface area contributed by atoms with E-state index < -0.39 is 0 Å². The Hall–Kier alpha value is 0.980. The predicted molar refractivity (Wildman–Crippen MR) is 53.2 cm³/mol. The number of hydrogen-bond donors (Lipinski definition) is 1. The molecule has 3 heteroatoms. The Morgan fingerprint density at radius 1 is 1.75 bits per heavy atom. The van der Waals surface area contributed by atoms with E-state index in [-0.39, 0.29) is 6.10 Å². The average Bonchev–Trinajstić information content (AvgIpc) is 1.72. The van der Waals surface area contributed by atoms with Crippen molar-refractivity contribution >= 4 is 37.2 Å². The fourth-order valence-corrected chi connectivity index (χ4v) is 0.171. The molecule has 1 N–H and O–H groups in total. The van der Waals surface area contributed by atoms with Crippen molar-refractivity contribution in [3.8, 4) is 12.3 Å². The molecule has 0 aromatic heterocycles. The molecule has 0 bridgehead atoms. The molecule has 0 amide bonds. The number of rotatable bonds is 1. The van der Waals surface area contributed by atoms with E-state index >= 15 is 0 Å². The minimum Gasteiger partial charge on any atom is -0.392 e. The van der Waals surface area contributed by atoms with Crippen molar-refractivity contribution in [1.29, 1.82) is 0 Å². The summed E-state index contributed by atoms with van der Waals surface area (Å²) in [7, 11) is 0. The second-order valence-electron chi connectivity index (χ2n) is 1.26. The average molecular weight is 338 g/mol. The van der Waals surface area contributed by atoms with Gasteiger partial charge in [0.1, 0.15) is 0 Å². The summed E-state index contributed by atoms with van der Waals surface area (Å²) in [6.45, 7) is 1.67. The maximum absolute atomic E-state index is 8.41. The van der Waals surface area contributed by atoms with Crippen molar-refractivity contribution in [2.75, 3.05) is 0 Å². The minimum absolute atomic E-state index is 0.338. The van der Waals surface area contributed by atoms with Crippen molar-refractivity contribution in [2.24, 2.45) is 0 Å². The summed E-state index contributed by atoms with van der Waals surface area (Å²) < 4.78 is 0. The molecule has 1 unspecified atom stereocenters. The highest BCUT2D eigenvalue weighted by Crippen LogP contribution is 1.89. The number of aliphatic hydroxyl groups excluding tert-OH is 1. The van der Waals surface area contributed by atoms with Crippen LogP contribution >= 0.6 is 37.2 Å². The van der Waals surface area contributed by atoms with Gasteiger partial charge < -0.3 is 5.11 Å². The third-order valence-electron chi connectivity index (χ3n) is 0.413. The molecule has 0 spiro atoms. The van der Waals surface area contributed by atoms with Crippen LogP contribution in [0.4, 0.5) is 0 Å². The van der Waals surface area contributed by atoms with Gasteiger partial charge in [-0.2, -0.15) is 0 Å². The molecule has 0 aliphatic heterocycles. The van der Waals surface area contributed by atoms with Gasteiger partial charge in [-0.05, 0) is 6.92 Å². The van der Waals surface area contributed by atoms with Gasteiger partial charge in [-0.1, -0.05) is 0 Å². The molecular formula is C5H8I2O. The molecule has 0 aliphatic rings. The SMILES string of the molecule is C#CCC(C)O.II. The molecule has 0 rings (SSSR count). The van der Waals surface area contributed by atoms with Gasteiger partial charge in [-0.25, -0.2) is 0 Å². The van der Waals surface area contributed by atoms with Gasteiger partial charge in [-0.3, -0.25) is 0 Å². The van der Waals surface area contributed by atoms with Gasteiger partial charge in [0.25, 0.3) is 0 Å². The van der Waals surface area contributed by atoms with Gasteiger partial charge in [0.05, 0.1) is 6.10 Å². The lowest BCUT2D eigenvalue weighted by atomic mass is 10.3. The van der Waals surface area contributed by atoms with E-state index in [1.807, 2.05) is 0 Å². The Morgan fingerprint density at radius 2 is 2.12 bits per heavy atom. The van der Waals surface area contributed by atoms with Crippen LogP contribution in [0.5, 0.6) is 0 Å². The van der Waals surface area contributed by atoms with Crippen molar-refractivity contribution in [2.45, 2.75) is 19.4 Å². The second kappa shape index (κ2) is 10.9. The van der Waals surface area contributed by atoms with Gasteiger partial charge in [-0.15, -0.1) is 12.3 Å². The lowest BCUT2D eigenvalue weighted by Crippen LogP contribution is -1.94. The van der Waals surface area contributed by atoms with E-state index in [1.54, 1.807) is 6.92 Å². The minimum atomic E-state index is -0.338. The van der Waals surface area contributed by atoms with Crippen LogP contribution in [-0.2, 0) is 0 Å². The third kappa shape index (κ3) is 15.8. The van der Waals surface area contributed by atoms with Gasteiger partial charge >= 0.3 is 0 Å². The van der Waals surface area contributed by atoms with Crippen LogP contribution < -0.4 is 0 Å². The first-order valence-corrected chi connectivity index (χ1v) is 8.31. The largest absolute Gasteiger partial charge is 0.392 e. The van der Waals surface area contributed by atoms with Gasteiger partial charge in [0, 0.05) is 43.7 Å². The van der Waals surface area contributed by atoms with Gasteiger partial charge in [0.15, 0.2) is 0 Å². The van der Waals surface area contributed by atoms with E-state index in [1.165, 1.54) is 0 Å². The summed E-state index contributed by atoms with van der Waals surface area (Å²) in [5, 5.41) is 8.41. The number of hydrogen-bond acceptors (Lipinski definition) is 1. The first kappa shape index (κ1) is 11.7. The highest BCUT2D eigenvalue weighted by molar-refractivity contribution is 15.0. The van der Waals surface area contributed by atoms with Crippen LogP contribution in [0.1, 0.15) is 13.3 Å². The molecule has 0 aromatic rings. The van der Waals surface area contributed by atoms with Crippen molar-refractivity contribution in [3.05, 3.63) is 0 Å². The van der Waals surface area contributed by atoms with Crippen molar-refractivity contribution < 1.29 is 5.11 Å². The number of terminal acetylenes is 1. The predicted octanol–water partition coefficient (Wildman–Crippen LogP) is 2.16. The molecule has 0 saturated heterocycles. The first-order chi connectivity index (χ1) is 3.77. The maximum Gasteiger partial charge on any atom is 0.0621 e. The molecule has 0 aromatic carbocycles. The molecule has 1 nitrogen and oxygen atoms in total. The molecular weight excluding hydrogens is 330 g/mol. The van der Waals surface area contributed by atoms with Crippen LogP contribution in [0.15, 0.2) is 0 Å². The highest BCUT2D eigenvalue weighted by atomic mass is 128. The monoisotopic (exact) mass is 338 g/mol. The third-order valence-corrected chi connectivity index (χ3v) is 0.413. The quantitative estimate of drug-likeness (QED) is 0.574. The standard InChI is InChI=1S/C5H8O.I2/c1-3-4-5(2)6;1-2/h1,5-6H,4H2,2H3;. The lowest BCUT2D eigenvalue weighted by Gasteiger charge is -1.90. The van der Waals surface area contributed by atoms with Crippen molar-refractivity contribution in [1.82, 2.24) is 0 Å². The fraction of sp³-hybridized carbons (Fsp3) is 0.600. The van der Waals surface area contributed by atoms with Crippen LogP contribution in [0.25, 0.3) is 0 Å². The second-order valence-corrected chi connectivity index (χ2v) is 1.26. The lowest BCUT2D eigenvalue weighted by molar-refractivity contribution is 0.201. The smallest absolute Gasteiger partial charge is 0.0621 e. The Kier molecular flexibility index (Phi) is 16.0. The van der Waals surface area contributed by atoms with Gasteiger partial charge in [0.2, 0.25) is 0 Å². The Morgan fingerprint density at radius 3 is 2.12 bits per heavy atom. The van der Waals surface area contributed by atoms with Crippen LogP contribution in [-0.4, -0.2) is 11.2 Å². The Labute approximate surface area is 73.6 Å². The zero-order valence-electron chi connectivity index (χ0n) is 4.56. The van der Waals surface area contributed by atoms with Crippen LogP contribution in [0.3, 0.4) is 0 Å².